The molecule has 1 aliphatic carbocycles. The highest BCUT2D eigenvalue weighted by molar-refractivity contribution is 5.92. The van der Waals surface area contributed by atoms with Crippen LogP contribution in [0.5, 0.6) is 0 Å². The van der Waals surface area contributed by atoms with Gasteiger partial charge in [0, 0.05) is 18.3 Å². The van der Waals surface area contributed by atoms with Crippen LogP contribution in [0.25, 0.3) is 0 Å². The summed E-state index contributed by atoms with van der Waals surface area (Å²) in [6, 6.07) is 5.54. The van der Waals surface area contributed by atoms with E-state index in [1.54, 1.807) is 6.07 Å². The van der Waals surface area contributed by atoms with Gasteiger partial charge in [0.25, 0.3) is 5.91 Å². The lowest BCUT2D eigenvalue weighted by atomic mass is 10.2. The number of aromatic nitrogens is 1. The molecular formula is C12H17N3O. The Balaban J connectivity index is 2.01. The number of nitrogens with one attached hydrogen (secondary N) is 1. The molecule has 0 saturated heterocycles. The molecule has 1 amide bonds. The van der Waals surface area contributed by atoms with Crippen LogP contribution in [0.2, 0.25) is 0 Å². The normalized spacial score (nSPS) is 16.9. The molecule has 1 aliphatic rings. The Kier molecular flexibility index (Phi) is 3.19. The van der Waals surface area contributed by atoms with Gasteiger partial charge in [0.05, 0.1) is 0 Å². The zero-order chi connectivity index (χ0) is 11.5. The molecular weight excluding hydrogens is 202 g/mol. The number of amides is 1. The summed E-state index contributed by atoms with van der Waals surface area (Å²) in [5.74, 6) is 0.449. The van der Waals surface area contributed by atoms with E-state index in [2.05, 4.69) is 10.3 Å². The molecule has 0 radical (unpaired) electrons. The van der Waals surface area contributed by atoms with E-state index >= 15 is 0 Å². The number of rotatable bonds is 4. The van der Waals surface area contributed by atoms with Gasteiger partial charge in [-0.15, -0.1) is 0 Å². The number of nitrogens with zero attached hydrogens (tertiary/aromatic N) is 1. The average molecular weight is 219 g/mol. The minimum Gasteiger partial charge on any atom is -0.346 e. The van der Waals surface area contributed by atoms with Crippen LogP contribution >= 0.6 is 0 Å². The van der Waals surface area contributed by atoms with E-state index in [1.165, 1.54) is 12.8 Å². The number of aryl methyl sites for hydroxylation is 1. The first-order chi connectivity index (χ1) is 7.70. The first kappa shape index (κ1) is 11.1. The van der Waals surface area contributed by atoms with Crippen LogP contribution in [0.4, 0.5) is 0 Å². The maximum absolute atomic E-state index is 11.9. The monoisotopic (exact) mass is 219 g/mol. The third-order valence-corrected chi connectivity index (χ3v) is 2.88. The van der Waals surface area contributed by atoms with E-state index in [-0.39, 0.29) is 11.9 Å². The van der Waals surface area contributed by atoms with Crippen molar-refractivity contribution >= 4 is 5.91 Å². The standard InChI is InChI=1S/C12H17N3O/c1-8-3-2-4-10(14-8)12(16)15-11(7-13)9-5-6-9/h2-4,9,11H,5-7,13H2,1H3,(H,15,16). The molecule has 1 saturated carbocycles. The molecule has 16 heavy (non-hydrogen) atoms. The van der Waals surface area contributed by atoms with Crippen molar-refractivity contribution < 1.29 is 4.79 Å². The maximum atomic E-state index is 11.9. The summed E-state index contributed by atoms with van der Waals surface area (Å²) in [5.41, 5.74) is 6.96. The summed E-state index contributed by atoms with van der Waals surface area (Å²) < 4.78 is 0. The molecule has 0 aromatic carbocycles. The second kappa shape index (κ2) is 4.61. The summed E-state index contributed by atoms with van der Waals surface area (Å²) in [6.07, 6.45) is 2.34. The summed E-state index contributed by atoms with van der Waals surface area (Å²) >= 11 is 0. The minimum absolute atomic E-state index is 0.106. The van der Waals surface area contributed by atoms with Gasteiger partial charge in [-0.2, -0.15) is 0 Å². The number of hydrogen-bond acceptors (Lipinski definition) is 3. The highest BCUT2D eigenvalue weighted by atomic mass is 16.1. The fourth-order valence-electron chi connectivity index (χ4n) is 1.78. The third kappa shape index (κ3) is 2.58. The average Bonchev–Trinajstić information content (AvgIpc) is 3.09. The van der Waals surface area contributed by atoms with Crippen LogP contribution in [0.15, 0.2) is 18.2 Å². The number of nitrogens with two attached hydrogens (primary N) is 1. The largest absolute Gasteiger partial charge is 0.346 e. The smallest absolute Gasteiger partial charge is 0.270 e. The van der Waals surface area contributed by atoms with Crippen molar-refractivity contribution in [2.75, 3.05) is 6.54 Å². The van der Waals surface area contributed by atoms with Crippen molar-refractivity contribution in [2.24, 2.45) is 11.7 Å². The Labute approximate surface area is 95.3 Å². The minimum atomic E-state index is -0.119. The predicted molar refractivity (Wildman–Crippen MR) is 62.0 cm³/mol. The molecule has 4 nitrogen and oxygen atoms in total. The summed E-state index contributed by atoms with van der Waals surface area (Å²) in [5, 5.41) is 2.95. The van der Waals surface area contributed by atoms with Gasteiger partial charge >= 0.3 is 0 Å². The molecule has 0 aliphatic heterocycles. The molecule has 0 spiro atoms. The van der Waals surface area contributed by atoms with Crippen molar-refractivity contribution in [3.8, 4) is 0 Å². The zero-order valence-corrected chi connectivity index (χ0v) is 9.44. The summed E-state index contributed by atoms with van der Waals surface area (Å²) in [7, 11) is 0. The SMILES string of the molecule is Cc1cccc(C(=O)NC(CN)C2CC2)n1. The number of carbonyl (C=O) groups excluding carboxylic acids is 1. The summed E-state index contributed by atoms with van der Waals surface area (Å²) in [6.45, 7) is 2.38. The first-order valence-corrected chi connectivity index (χ1v) is 5.65. The quantitative estimate of drug-likeness (QED) is 0.789. The van der Waals surface area contributed by atoms with Gasteiger partial charge in [-0.05, 0) is 37.8 Å². The maximum Gasteiger partial charge on any atom is 0.270 e. The first-order valence-electron chi connectivity index (χ1n) is 5.65. The van der Waals surface area contributed by atoms with Gasteiger partial charge in [0.2, 0.25) is 0 Å². The predicted octanol–water partition coefficient (Wildman–Crippen LogP) is 0.857. The second-order valence-corrected chi connectivity index (χ2v) is 4.32. The van der Waals surface area contributed by atoms with Gasteiger partial charge in [0.1, 0.15) is 5.69 Å². The molecule has 4 heteroatoms. The van der Waals surface area contributed by atoms with Gasteiger partial charge in [-0.1, -0.05) is 6.07 Å². The number of hydrogen-bond donors (Lipinski definition) is 2. The molecule has 86 valence electrons. The van der Waals surface area contributed by atoms with Crippen LogP contribution in [0.3, 0.4) is 0 Å². The summed E-state index contributed by atoms with van der Waals surface area (Å²) in [4.78, 5) is 16.1. The van der Waals surface area contributed by atoms with Crippen molar-refractivity contribution in [1.82, 2.24) is 10.3 Å². The van der Waals surface area contributed by atoms with E-state index < -0.39 is 0 Å². The van der Waals surface area contributed by atoms with Crippen LogP contribution in [0.1, 0.15) is 29.0 Å². The highest BCUT2D eigenvalue weighted by Crippen LogP contribution is 2.32. The number of carbonyl (C=O) groups is 1. The van der Waals surface area contributed by atoms with E-state index in [9.17, 15) is 4.79 Å². The van der Waals surface area contributed by atoms with E-state index in [0.717, 1.165) is 5.69 Å². The molecule has 1 unspecified atom stereocenters. The second-order valence-electron chi connectivity index (χ2n) is 4.32. The molecule has 1 heterocycles. The van der Waals surface area contributed by atoms with E-state index in [4.69, 9.17) is 5.73 Å². The Morgan fingerprint density at radius 1 is 1.62 bits per heavy atom. The fourth-order valence-corrected chi connectivity index (χ4v) is 1.78. The fraction of sp³-hybridized carbons (Fsp3) is 0.500. The Hall–Kier alpha value is -1.42. The Morgan fingerprint density at radius 2 is 2.38 bits per heavy atom. The molecule has 1 atom stereocenters. The third-order valence-electron chi connectivity index (χ3n) is 2.88. The topological polar surface area (TPSA) is 68.0 Å². The van der Waals surface area contributed by atoms with Crippen LogP contribution in [-0.2, 0) is 0 Å². The van der Waals surface area contributed by atoms with Crippen molar-refractivity contribution in [3.05, 3.63) is 29.6 Å². The molecule has 1 aromatic heterocycles. The van der Waals surface area contributed by atoms with E-state index in [1.807, 2.05) is 19.1 Å². The lowest BCUT2D eigenvalue weighted by Gasteiger charge is -2.15. The van der Waals surface area contributed by atoms with E-state index in [0.29, 0.717) is 18.2 Å². The van der Waals surface area contributed by atoms with Crippen LogP contribution in [0, 0.1) is 12.8 Å². The van der Waals surface area contributed by atoms with Crippen molar-refractivity contribution in [3.63, 3.8) is 0 Å². The van der Waals surface area contributed by atoms with Crippen molar-refractivity contribution in [2.45, 2.75) is 25.8 Å². The Bertz CT molecular complexity index is 388. The van der Waals surface area contributed by atoms with Crippen molar-refractivity contribution in [1.29, 1.82) is 0 Å². The lowest BCUT2D eigenvalue weighted by molar-refractivity contribution is 0.0928. The number of pyridine rings is 1. The van der Waals surface area contributed by atoms with Gasteiger partial charge in [0.15, 0.2) is 0 Å². The van der Waals surface area contributed by atoms with Gasteiger partial charge < -0.3 is 11.1 Å². The zero-order valence-electron chi connectivity index (χ0n) is 9.44. The van der Waals surface area contributed by atoms with Crippen LogP contribution < -0.4 is 11.1 Å². The highest BCUT2D eigenvalue weighted by Gasteiger charge is 2.31. The lowest BCUT2D eigenvalue weighted by Crippen LogP contribution is -2.42. The van der Waals surface area contributed by atoms with Gasteiger partial charge in [-0.3, -0.25) is 4.79 Å². The van der Waals surface area contributed by atoms with Crippen LogP contribution in [-0.4, -0.2) is 23.5 Å². The molecule has 3 N–H and O–H groups in total. The molecule has 0 bridgehead atoms. The molecule has 1 fully saturated rings. The Morgan fingerprint density at radius 3 is 2.94 bits per heavy atom. The molecule has 2 rings (SSSR count). The molecule has 1 aromatic rings. The van der Waals surface area contributed by atoms with Gasteiger partial charge in [-0.25, -0.2) is 4.98 Å².